The minimum Gasteiger partial charge on any atom is -0.392 e. The fraction of sp³-hybridized carbons (Fsp3) is 0.889. The zero-order valence-electron chi connectivity index (χ0n) is 15.2. The minimum atomic E-state index is -0.206. The highest BCUT2D eigenvalue weighted by Crippen LogP contribution is 2.51. The Morgan fingerprint density at radius 3 is 2.75 bits per heavy atom. The van der Waals surface area contributed by atoms with Gasteiger partial charge in [-0.1, -0.05) is 19.0 Å². The molecule has 1 aromatic heterocycles. The van der Waals surface area contributed by atoms with Gasteiger partial charge in [-0.15, -0.1) is 0 Å². The third-order valence-electron chi connectivity index (χ3n) is 5.71. The number of hydrogen-bond donors (Lipinski definition) is 1. The Morgan fingerprint density at radius 2 is 2.12 bits per heavy atom. The number of piperidine rings is 1. The number of hydrogen-bond acceptors (Lipinski definition) is 6. The Morgan fingerprint density at radius 1 is 1.38 bits per heavy atom. The van der Waals surface area contributed by atoms with Crippen LogP contribution in [0.5, 0.6) is 0 Å². The quantitative estimate of drug-likeness (QED) is 0.824. The maximum atomic E-state index is 10.3. The molecule has 0 radical (unpaired) electrons. The van der Waals surface area contributed by atoms with Crippen LogP contribution in [0.15, 0.2) is 4.52 Å². The first-order valence-electron chi connectivity index (χ1n) is 9.37. The van der Waals surface area contributed by atoms with E-state index in [0.717, 1.165) is 57.6 Å². The zero-order chi connectivity index (χ0) is 17.2. The monoisotopic (exact) mass is 337 g/mol. The number of rotatable bonds is 7. The van der Waals surface area contributed by atoms with Crippen molar-refractivity contribution < 1.29 is 14.4 Å². The maximum Gasteiger partial charge on any atom is 0.240 e. The number of ether oxygens (including phenoxy) is 1. The van der Waals surface area contributed by atoms with Crippen molar-refractivity contribution in [1.82, 2.24) is 15.0 Å². The molecule has 1 saturated carbocycles. The summed E-state index contributed by atoms with van der Waals surface area (Å²) in [5, 5.41) is 14.3. The molecule has 2 fully saturated rings. The van der Waals surface area contributed by atoms with Crippen LogP contribution in [0.3, 0.4) is 0 Å². The van der Waals surface area contributed by atoms with E-state index in [4.69, 9.17) is 9.26 Å². The molecule has 1 aliphatic carbocycles. The van der Waals surface area contributed by atoms with Gasteiger partial charge in [-0.05, 0) is 45.2 Å². The second kappa shape index (κ2) is 7.50. The third kappa shape index (κ3) is 3.65. The van der Waals surface area contributed by atoms with Crippen molar-refractivity contribution in [3.8, 4) is 0 Å². The molecule has 0 bridgehead atoms. The number of aliphatic hydroxyl groups excluding tert-OH is 1. The summed E-state index contributed by atoms with van der Waals surface area (Å²) in [6.07, 6.45) is 4.74. The normalized spacial score (nSPS) is 26.9. The van der Waals surface area contributed by atoms with Crippen LogP contribution < -0.4 is 0 Å². The molecule has 6 heteroatoms. The first kappa shape index (κ1) is 17.8. The second-order valence-electron chi connectivity index (χ2n) is 7.74. The molecule has 24 heavy (non-hydrogen) atoms. The lowest BCUT2D eigenvalue weighted by Gasteiger charge is -2.56. The summed E-state index contributed by atoms with van der Waals surface area (Å²) < 4.78 is 11.2. The number of aryl methyl sites for hydroxylation is 1. The van der Waals surface area contributed by atoms with E-state index in [1.165, 1.54) is 0 Å². The third-order valence-corrected chi connectivity index (χ3v) is 5.71. The molecular weight excluding hydrogens is 306 g/mol. The summed E-state index contributed by atoms with van der Waals surface area (Å²) in [6.45, 7) is 9.77. The summed E-state index contributed by atoms with van der Waals surface area (Å²) in [6, 6.07) is 0. The highest BCUT2D eigenvalue weighted by molar-refractivity contribution is 5.06. The molecule has 2 unspecified atom stereocenters. The fourth-order valence-corrected chi connectivity index (χ4v) is 4.01. The number of nitrogens with zero attached hydrogens (tertiary/aromatic N) is 3. The van der Waals surface area contributed by atoms with E-state index in [2.05, 4.69) is 28.9 Å². The molecule has 0 aromatic carbocycles. The van der Waals surface area contributed by atoms with E-state index >= 15 is 0 Å². The smallest absolute Gasteiger partial charge is 0.240 e. The second-order valence-corrected chi connectivity index (χ2v) is 7.74. The van der Waals surface area contributed by atoms with E-state index in [0.29, 0.717) is 18.4 Å². The van der Waals surface area contributed by atoms with E-state index < -0.39 is 0 Å². The van der Waals surface area contributed by atoms with Crippen LogP contribution in [-0.2, 0) is 17.7 Å². The molecule has 2 heterocycles. The van der Waals surface area contributed by atoms with Crippen molar-refractivity contribution in [3.63, 3.8) is 0 Å². The fourth-order valence-electron chi connectivity index (χ4n) is 4.01. The summed E-state index contributed by atoms with van der Waals surface area (Å²) in [5.74, 6) is 2.18. The molecule has 136 valence electrons. The molecule has 1 aliphatic heterocycles. The van der Waals surface area contributed by atoms with Gasteiger partial charge in [0.05, 0.1) is 18.8 Å². The zero-order valence-corrected chi connectivity index (χ0v) is 15.2. The molecule has 2 atom stereocenters. The Bertz CT molecular complexity index is 521. The van der Waals surface area contributed by atoms with Gasteiger partial charge in [0.2, 0.25) is 5.89 Å². The van der Waals surface area contributed by atoms with E-state index in [-0.39, 0.29) is 17.6 Å². The molecule has 0 amide bonds. The van der Waals surface area contributed by atoms with Crippen molar-refractivity contribution in [1.29, 1.82) is 0 Å². The van der Waals surface area contributed by atoms with Crippen molar-refractivity contribution in [2.45, 2.75) is 71.6 Å². The highest BCUT2D eigenvalue weighted by atomic mass is 16.5. The average Bonchev–Trinajstić information content (AvgIpc) is 3.01. The summed E-state index contributed by atoms with van der Waals surface area (Å²) in [4.78, 5) is 6.86. The highest BCUT2D eigenvalue weighted by Gasteiger charge is 2.55. The van der Waals surface area contributed by atoms with Crippen LogP contribution in [0.25, 0.3) is 0 Å². The Labute approximate surface area is 144 Å². The van der Waals surface area contributed by atoms with Crippen LogP contribution >= 0.6 is 0 Å². The Balaban J connectivity index is 1.49. The summed E-state index contributed by atoms with van der Waals surface area (Å²) in [7, 11) is 0. The molecule has 2 aliphatic rings. The molecule has 1 saturated heterocycles. The van der Waals surface area contributed by atoms with Gasteiger partial charge in [-0.25, -0.2) is 0 Å². The van der Waals surface area contributed by atoms with Gasteiger partial charge in [0.25, 0.3) is 0 Å². The average molecular weight is 337 g/mol. The van der Waals surface area contributed by atoms with Gasteiger partial charge in [-0.2, -0.15) is 4.98 Å². The topological polar surface area (TPSA) is 71.6 Å². The number of aromatic nitrogens is 2. The first-order valence-corrected chi connectivity index (χ1v) is 9.37. The van der Waals surface area contributed by atoms with E-state index in [9.17, 15) is 5.11 Å². The molecule has 6 nitrogen and oxygen atoms in total. The van der Waals surface area contributed by atoms with E-state index in [1.807, 2.05) is 6.92 Å². The Hall–Kier alpha value is -0.980. The lowest BCUT2D eigenvalue weighted by molar-refractivity contribution is -0.210. The molecular formula is C18H31N3O3. The first-order chi connectivity index (χ1) is 11.5. The van der Waals surface area contributed by atoms with Crippen molar-refractivity contribution in [2.75, 3.05) is 19.7 Å². The van der Waals surface area contributed by atoms with Crippen LogP contribution in [-0.4, -0.2) is 52.1 Å². The van der Waals surface area contributed by atoms with Gasteiger partial charge >= 0.3 is 0 Å². The van der Waals surface area contributed by atoms with Gasteiger partial charge in [-0.3, -0.25) is 4.90 Å². The molecule has 3 rings (SSSR count). The maximum absolute atomic E-state index is 10.3. The largest absolute Gasteiger partial charge is 0.392 e. The van der Waals surface area contributed by atoms with Crippen molar-refractivity contribution in [2.24, 2.45) is 11.3 Å². The van der Waals surface area contributed by atoms with Crippen molar-refractivity contribution in [3.05, 3.63) is 11.7 Å². The predicted molar refractivity (Wildman–Crippen MR) is 90.4 cm³/mol. The standard InChI is InChI=1S/C18H31N3O3/c1-4-23-15-11-14(22)18(15)7-9-21(10-8-18)12-17-19-16(20-24-17)6-5-13(2)3/h13-15,22H,4-12H2,1-3H3. The molecule has 1 spiro atoms. The van der Waals surface area contributed by atoms with Crippen LogP contribution in [0.2, 0.25) is 0 Å². The molecule has 1 aromatic rings. The van der Waals surface area contributed by atoms with E-state index in [1.54, 1.807) is 0 Å². The summed E-state index contributed by atoms with van der Waals surface area (Å²) in [5.41, 5.74) is -0.0240. The summed E-state index contributed by atoms with van der Waals surface area (Å²) >= 11 is 0. The Kier molecular flexibility index (Phi) is 5.57. The lowest BCUT2D eigenvalue weighted by atomic mass is 9.58. The van der Waals surface area contributed by atoms with Gasteiger partial charge in [0.15, 0.2) is 5.82 Å². The van der Waals surface area contributed by atoms with Gasteiger partial charge in [0.1, 0.15) is 0 Å². The number of likely N-dealkylation sites (tertiary alicyclic amines) is 1. The van der Waals surface area contributed by atoms with Crippen LogP contribution in [0.4, 0.5) is 0 Å². The number of aliphatic hydroxyl groups is 1. The van der Waals surface area contributed by atoms with Gasteiger partial charge in [0, 0.05) is 24.9 Å². The van der Waals surface area contributed by atoms with Crippen molar-refractivity contribution >= 4 is 0 Å². The molecule has 1 N–H and O–H groups in total. The SMILES string of the molecule is CCOC1CC(O)C12CCN(Cc1nc(CCC(C)C)no1)CC2. The van der Waals surface area contributed by atoms with Crippen LogP contribution in [0, 0.1) is 11.3 Å². The predicted octanol–water partition coefficient (Wildman–Crippen LogP) is 2.41. The minimum absolute atomic E-state index is 0.0240. The lowest BCUT2D eigenvalue weighted by Crippen LogP contribution is -2.62. The van der Waals surface area contributed by atoms with Crippen LogP contribution in [0.1, 0.15) is 58.2 Å². The van der Waals surface area contributed by atoms with Gasteiger partial charge < -0.3 is 14.4 Å².